The average Bonchev–Trinajstić information content (AvgIpc) is 2.28. The van der Waals surface area contributed by atoms with Gasteiger partial charge < -0.3 is 14.7 Å². The Kier molecular flexibility index (Phi) is 2.59. The van der Waals surface area contributed by atoms with E-state index in [-0.39, 0.29) is 25.0 Å². The van der Waals surface area contributed by atoms with E-state index in [0.717, 1.165) is 6.08 Å². The molecule has 0 radical (unpaired) electrons. The molecule has 7 heteroatoms. The van der Waals surface area contributed by atoms with E-state index in [1.807, 2.05) is 0 Å². The topological polar surface area (TPSA) is 94.2 Å². The molecule has 12 heavy (non-hydrogen) atoms. The Morgan fingerprint density at radius 3 is 3.08 bits per heavy atom. The third-order valence-electron chi connectivity index (χ3n) is 1.16. The molecule has 0 aromatic heterocycles. The number of rotatable bonds is 1. The van der Waals surface area contributed by atoms with Crippen LogP contribution in [0.1, 0.15) is 0 Å². The highest BCUT2D eigenvalue weighted by atomic mass is 16.7. The van der Waals surface area contributed by atoms with E-state index in [1.165, 1.54) is 0 Å². The van der Waals surface area contributed by atoms with Crippen molar-refractivity contribution in [2.24, 2.45) is 5.16 Å². The average molecular weight is 174 g/mol. The lowest BCUT2D eigenvalue weighted by Crippen LogP contribution is -2.05. The van der Waals surface area contributed by atoms with Crippen molar-refractivity contribution in [3.8, 4) is 0 Å². The Morgan fingerprint density at radius 2 is 2.50 bits per heavy atom. The minimum Gasteiger partial charge on any atom is -0.448 e. The standard InChI is InChI=1S/C5H6N2O5/c8-6-5-1-4(7(9)10)2-11-3-12-5/h1,8H,2-3H2/b6-5-. The Bertz CT molecular complexity index is 246. The highest BCUT2D eigenvalue weighted by Gasteiger charge is 2.17. The van der Waals surface area contributed by atoms with E-state index < -0.39 is 4.92 Å². The molecule has 0 bridgehead atoms. The molecule has 0 amide bonds. The molecule has 0 aliphatic carbocycles. The van der Waals surface area contributed by atoms with Crippen molar-refractivity contribution in [1.29, 1.82) is 0 Å². The normalized spacial score (nSPS) is 21.0. The smallest absolute Gasteiger partial charge is 0.277 e. The maximum Gasteiger partial charge on any atom is 0.277 e. The van der Waals surface area contributed by atoms with Gasteiger partial charge in [0, 0.05) is 0 Å². The lowest BCUT2D eigenvalue weighted by molar-refractivity contribution is -0.430. The predicted octanol–water partition coefficient (Wildman–Crippen LogP) is -0.0610. The summed E-state index contributed by atoms with van der Waals surface area (Å²) in [7, 11) is 0. The highest BCUT2D eigenvalue weighted by Crippen LogP contribution is 2.03. The first-order valence-corrected chi connectivity index (χ1v) is 3.01. The second kappa shape index (κ2) is 3.67. The van der Waals surface area contributed by atoms with Crippen molar-refractivity contribution in [3.63, 3.8) is 0 Å². The SMILES string of the molecule is O=[N+]([O-])C1=C/C(=N/O)OCOC1. The van der Waals surface area contributed by atoms with Crippen LogP contribution >= 0.6 is 0 Å². The summed E-state index contributed by atoms with van der Waals surface area (Å²) in [4.78, 5) is 9.61. The van der Waals surface area contributed by atoms with Crippen LogP contribution in [0.2, 0.25) is 0 Å². The summed E-state index contributed by atoms with van der Waals surface area (Å²) in [6.07, 6.45) is 1.01. The summed E-state index contributed by atoms with van der Waals surface area (Å²) in [6, 6.07) is 0. The van der Waals surface area contributed by atoms with Gasteiger partial charge in [-0.15, -0.1) is 0 Å². The molecule has 0 saturated carbocycles. The van der Waals surface area contributed by atoms with Gasteiger partial charge in [-0.3, -0.25) is 10.1 Å². The van der Waals surface area contributed by atoms with Crippen LogP contribution in [-0.2, 0) is 9.47 Å². The number of ether oxygens (including phenoxy) is 2. The van der Waals surface area contributed by atoms with Crippen LogP contribution in [0.4, 0.5) is 0 Å². The molecule has 1 aliphatic rings. The highest BCUT2D eigenvalue weighted by molar-refractivity contribution is 5.87. The van der Waals surface area contributed by atoms with Gasteiger partial charge in [0.15, 0.2) is 6.79 Å². The number of hydrogen-bond donors (Lipinski definition) is 1. The minimum atomic E-state index is -0.625. The van der Waals surface area contributed by atoms with Crippen molar-refractivity contribution in [3.05, 3.63) is 21.9 Å². The van der Waals surface area contributed by atoms with E-state index in [4.69, 9.17) is 5.21 Å². The van der Waals surface area contributed by atoms with Crippen LogP contribution in [0.15, 0.2) is 16.9 Å². The molecule has 1 N–H and O–H groups in total. The second-order valence-corrected chi connectivity index (χ2v) is 1.94. The Labute approximate surface area is 67.0 Å². The fourth-order valence-electron chi connectivity index (χ4n) is 0.637. The van der Waals surface area contributed by atoms with Crippen LogP contribution in [0.3, 0.4) is 0 Å². The number of nitrogens with zero attached hydrogens (tertiary/aromatic N) is 2. The van der Waals surface area contributed by atoms with E-state index in [2.05, 4.69) is 14.6 Å². The van der Waals surface area contributed by atoms with Crippen LogP contribution in [0.5, 0.6) is 0 Å². The zero-order chi connectivity index (χ0) is 8.97. The fraction of sp³-hybridized carbons (Fsp3) is 0.400. The first-order valence-electron chi connectivity index (χ1n) is 3.01. The van der Waals surface area contributed by atoms with E-state index in [1.54, 1.807) is 0 Å². The van der Waals surface area contributed by atoms with Gasteiger partial charge in [-0.05, 0) is 5.16 Å². The molecule has 66 valence electrons. The lowest BCUT2D eigenvalue weighted by Gasteiger charge is -1.97. The molecule has 1 rings (SSSR count). The van der Waals surface area contributed by atoms with Crippen LogP contribution < -0.4 is 0 Å². The van der Waals surface area contributed by atoms with Gasteiger partial charge in [-0.2, -0.15) is 0 Å². The second-order valence-electron chi connectivity index (χ2n) is 1.94. The van der Waals surface area contributed by atoms with Crippen LogP contribution in [0.25, 0.3) is 0 Å². The van der Waals surface area contributed by atoms with Gasteiger partial charge >= 0.3 is 0 Å². The number of nitro groups is 1. The van der Waals surface area contributed by atoms with Gasteiger partial charge in [0.05, 0.1) is 11.0 Å². The van der Waals surface area contributed by atoms with Gasteiger partial charge in [-0.25, -0.2) is 0 Å². The summed E-state index contributed by atoms with van der Waals surface area (Å²) in [6.45, 7) is -0.320. The molecule has 0 aromatic carbocycles. The van der Waals surface area contributed by atoms with Crippen LogP contribution in [0, 0.1) is 10.1 Å². The largest absolute Gasteiger partial charge is 0.448 e. The summed E-state index contributed by atoms with van der Waals surface area (Å²) < 4.78 is 9.31. The molecule has 1 heterocycles. The molecular weight excluding hydrogens is 168 g/mol. The third-order valence-corrected chi connectivity index (χ3v) is 1.16. The number of hydrogen-bond acceptors (Lipinski definition) is 6. The summed E-state index contributed by atoms with van der Waals surface area (Å²) >= 11 is 0. The zero-order valence-electron chi connectivity index (χ0n) is 5.97. The van der Waals surface area contributed by atoms with E-state index in [9.17, 15) is 10.1 Å². The van der Waals surface area contributed by atoms with Gasteiger partial charge in [0.25, 0.3) is 11.6 Å². The molecule has 0 saturated heterocycles. The first-order chi connectivity index (χ1) is 5.74. The van der Waals surface area contributed by atoms with Crippen molar-refractivity contribution in [1.82, 2.24) is 0 Å². The van der Waals surface area contributed by atoms with Crippen molar-refractivity contribution in [2.45, 2.75) is 0 Å². The molecule has 0 unspecified atom stereocenters. The van der Waals surface area contributed by atoms with Crippen LogP contribution in [-0.4, -0.2) is 29.4 Å². The van der Waals surface area contributed by atoms with Crippen molar-refractivity contribution in [2.75, 3.05) is 13.4 Å². The Balaban J connectivity index is 2.82. The molecule has 0 spiro atoms. The third kappa shape index (κ3) is 1.92. The van der Waals surface area contributed by atoms with Gasteiger partial charge in [0.2, 0.25) is 0 Å². The molecule has 7 nitrogen and oxygen atoms in total. The first kappa shape index (κ1) is 8.47. The molecule has 1 aliphatic heterocycles. The predicted molar refractivity (Wildman–Crippen MR) is 36.2 cm³/mol. The Morgan fingerprint density at radius 1 is 1.75 bits per heavy atom. The summed E-state index contributed by atoms with van der Waals surface area (Å²) in [5.74, 6) is -0.223. The maximum absolute atomic E-state index is 10.2. The summed E-state index contributed by atoms with van der Waals surface area (Å²) in [5.41, 5.74) is -0.208. The van der Waals surface area contributed by atoms with Gasteiger partial charge in [0.1, 0.15) is 6.61 Å². The summed E-state index contributed by atoms with van der Waals surface area (Å²) in [5, 5.41) is 21.2. The Hall–Kier alpha value is -1.63. The fourth-order valence-corrected chi connectivity index (χ4v) is 0.637. The molecular formula is C5H6N2O5. The van der Waals surface area contributed by atoms with Crippen molar-refractivity contribution < 1.29 is 19.6 Å². The number of oxime groups is 1. The molecule has 0 fully saturated rings. The zero-order valence-corrected chi connectivity index (χ0v) is 5.97. The lowest BCUT2D eigenvalue weighted by atomic mass is 10.4. The molecule has 0 aromatic rings. The quantitative estimate of drug-likeness (QED) is 0.341. The van der Waals surface area contributed by atoms with E-state index in [0.29, 0.717) is 0 Å². The monoisotopic (exact) mass is 174 g/mol. The van der Waals surface area contributed by atoms with E-state index >= 15 is 0 Å². The van der Waals surface area contributed by atoms with Gasteiger partial charge in [-0.1, -0.05) is 0 Å². The maximum atomic E-state index is 10.2. The molecule has 0 atom stereocenters. The minimum absolute atomic E-state index is 0.159. The van der Waals surface area contributed by atoms with Crippen molar-refractivity contribution >= 4 is 5.90 Å².